The number of nitrogens with zero attached hydrogens (tertiary/aromatic N) is 3. The molecule has 0 aliphatic carbocycles. The fourth-order valence-electron chi connectivity index (χ4n) is 2.51. The van der Waals surface area contributed by atoms with Crippen molar-refractivity contribution < 1.29 is 9.53 Å². The minimum absolute atomic E-state index is 0.407. The number of ether oxygens (including phenoxy) is 1. The SMILES string of the molecule is COc1ccc(Cl)cc1NC(=O)Nc1ccc(Nc2cc(N(C)C)cnn2)cc1. The van der Waals surface area contributed by atoms with E-state index in [4.69, 9.17) is 16.3 Å². The highest BCUT2D eigenvalue weighted by Crippen LogP contribution is 2.28. The number of carbonyl (C=O) groups excluding carboxylic acids is 1. The zero-order chi connectivity index (χ0) is 20.8. The molecule has 0 radical (unpaired) electrons. The minimum Gasteiger partial charge on any atom is -0.495 e. The molecule has 2 aromatic carbocycles. The van der Waals surface area contributed by atoms with Crippen LogP contribution in [-0.2, 0) is 0 Å². The molecule has 0 fully saturated rings. The number of benzene rings is 2. The van der Waals surface area contributed by atoms with Crippen LogP contribution in [0.1, 0.15) is 0 Å². The van der Waals surface area contributed by atoms with Crippen LogP contribution >= 0.6 is 11.6 Å². The first-order valence-electron chi connectivity index (χ1n) is 8.73. The smallest absolute Gasteiger partial charge is 0.323 e. The second kappa shape index (κ2) is 9.11. The van der Waals surface area contributed by atoms with Crippen molar-refractivity contribution in [2.24, 2.45) is 0 Å². The van der Waals surface area contributed by atoms with Crippen LogP contribution in [0, 0.1) is 0 Å². The Morgan fingerprint density at radius 1 is 1.03 bits per heavy atom. The van der Waals surface area contributed by atoms with Crippen molar-refractivity contribution in [1.82, 2.24) is 10.2 Å². The normalized spacial score (nSPS) is 10.2. The number of carbonyl (C=O) groups is 1. The van der Waals surface area contributed by atoms with E-state index in [9.17, 15) is 4.79 Å². The highest BCUT2D eigenvalue weighted by molar-refractivity contribution is 6.31. The Morgan fingerprint density at radius 2 is 1.76 bits per heavy atom. The van der Waals surface area contributed by atoms with Crippen molar-refractivity contribution in [2.75, 3.05) is 42.1 Å². The molecule has 8 nitrogen and oxygen atoms in total. The molecule has 0 atom stereocenters. The van der Waals surface area contributed by atoms with Gasteiger partial charge in [-0.05, 0) is 42.5 Å². The zero-order valence-electron chi connectivity index (χ0n) is 16.2. The summed E-state index contributed by atoms with van der Waals surface area (Å²) >= 11 is 5.98. The number of nitrogens with one attached hydrogen (secondary N) is 3. The fraction of sp³-hybridized carbons (Fsp3) is 0.150. The molecule has 1 aromatic heterocycles. The van der Waals surface area contributed by atoms with E-state index in [-0.39, 0.29) is 0 Å². The molecular weight excluding hydrogens is 392 g/mol. The van der Waals surface area contributed by atoms with E-state index >= 15 is 0 Å². The van der Waals surface area contributed by atoms with Gasteiger partial charge in [-0.2, -0.15) is 5.10 Å². The van der Waals surface area contributed by atoms with E-state index < -0.39 is 6.03 Å². The van der Waals surface area contributed by atoms with Gasteiger partial charge >= 0.3 is 6.03 Å². The van der Waals surface area contributed by atoms with Crippen LogP contribution in [0.4, 0.5) is 33.4 Å². The molecule has 0 unspecified atom stereocenters. The summed E-state index contributed by atoms with van der Waals surface area (Å²) in [6.45, 7) is 0. The largest absolute Gasteiger partial charge is 0.495 e. The van der Waals surface area contributed by atoms with Crippen LogP contribution in [-0.4, -0.2) is 37.4 Å². The second-order valence-electron chi connectivity index (χ2n) is 6.32. The quantitative estimate of drug-likeness (QED) is 0.548. The van der Waals surface area contributed by atoms with E-state index in [0.717, 1.165) is 11.4 Å². The molecule has 0 bridgehead atoms. The van der Waals surface area contributed by atoms with E-state index in [2.05, 4.69) is 26.1 Å². The first-order valence-corrected chi connectivity index (χ1v) is 9.11. The topological polar surface area (TPSA) is 91.4 Å². The molecule has 29 heavy (non-hydrogen) atoms. The van der Waals surface area contributed by atoms with Gasteiger partial charge in [0, 0.05) is 36.6 Å². The van der Waals surface area contributed by atoms with Crippen LogP contribution in [0.15, 0.2) is 54.7 Å². The van der Waals surface area contributed by atoms with Gasteiger partial charge in [0.1, 0.15) is 5.75 Å². The highest BCUT2D eigenvalue weighted by atomic mass is 35.5. The van der Waals surface area contributed by atoms with Gasteiger partial charge in [0.05, 0.1) is 24.7 Å². The van der Waals surface area contributed by atoms with Crippen molar-refractivity contribution in [1.29, 1.82) is 0 Å². The Hall–Kier alpha value is -3.52. The molecule has 150 valence electrons. The van der Waals surface area contributed by atoms with Crippen LogP contribution in [0.3, 0.4) is 0 Å². The fourth-order valence-corrected chi connectivity index (χ4v) is 2.68. The Balaban J connectivity index is 1.62. The number of aromatic nitrogens is 2. The van der Waals surface area contributed by atoms with Gasteiger partial charge in [-0.1, -0.05) is 11.6 Å². The van der Waals surface area contributed by atoms with Gasteiger partial charge in [0.2, 0.25) is 0 Å². The van der Waals surface area contributed by atoms with E-state index in [1.54, 1.807) is 36.5 Å². The lowest BCUT2D eigenvalue weighted by molar-refractivity contribution is 0.262. The van der Waals surface area contributed by atoms with Crippen LogP contribution in [0.2, 0.25) is 5.02 Å². The Kier molecular flexibility index (Phi) is 6.36. The molecule has 3 rings (SSSR count). The summed E-state index contributed by atoms with van der Waals surface area (Å²) in [7, 11) is 5.40. The number of anilines is 5. The van der Waals surface area contributed by atoms with E-state index in [1.165, 1.54) is 7.11 Å². The lowest BCUT2D eigenvalue weighted by Crippen LogP contribution is -2.19. The molecule has 0 aliphatic rings. The van der Waals surface area contributed by atoms with Gasteiger partial charge in [-0.15, -0.1) is 5.10 Å². The number of hydrogen-bond acceptors (Lipinski definition) is 6. The first-order chi connectivity index (χ1) is 13.9. The van der Waals surface area contributed by atoms with Crippen molar-refractivity contribution in [2.45, 2.75) is 0 Å². The zero-order valence-corrected chi connectivity index (χ0v) is 17.0. The Morgan fingerprint density at radius 3 is 2.45 bits per heavy atom. The third kappa shape index (κ3) is 5.49. The monoisotopic (exact) mass is 412 g/mol. The molecular formula is C20H21ClN6O2. The average molecular weight is 413 g/mol. The number of hydrogen-bond donors (Lipinski definition) is 3. The lowest BCUT2D eigenvalue weighted by Gasteiger charge is -2.13. The predicted octanol–water partition coefficient (Wildman–Crippen LogP) is 4.59. The second-order valence-corrected chi connectivity index (χ2v) is 6.76. The summed E-state index contributed by atoms with van der Waals surface area (Å²) in [5.41, 5.74) is 2.86. The maximum Gasteiger partial charge on any atom is 0.323 e. The van der Waals surface area contributed by atoms with Crippen LogP contribution in [0.25, 0.3) is 0 Å². The predicted molar refractivity (Wildman–Crippen MR) is 117 cm³/mol. The minimum atomic E-state index is -0.407. The van der Waals surface area contributed by atoms with Crippen LogP contribution < -0.4 is 25.6 Å². The summed E-state index contributed by atoms with van der Waals surface area (Å²) in [6, 6.07) is 13.7. The van der Waals surface area contributed by atoms with Crippen molar-refractivity contribution in [3.8, 4) is 5.75 Å². The third-order valence-corrected chi connectivity index (χ3v) is 4.22. The summed E-state index contributed by atoms with van der Waals surface area (Å²) in [6.07, 6.45) is 1.69. The summed E-state index contributed by atoms with van der Waals surface area (Å²) < 4.78 is 5.22. The number of rotatable bonds is 6. The summed E-state index contributed by atoms with van der Waals surface area (Å²) in [4.78, 5) is 14.2. The van der Waals surface area contributed by atoms with Crippen molar-refractivity contribution in [3.05, 3.63) is 59.8 Å². The molecule has 3 aromatic rings. The van der Waals surface area contributed by atoms with Gasteiger partial charge in [0.25, 0.3) is 0 Å². The number of urea groups is 1. The molecule has 0 aliphatic heterocycles. The summed E-state index contributed by atoms with van der Waals surface area (Å²) in [5, 5.41) is 17.2. The molecule has 0 saturated carbocycles. The lowest BCUT2D eigenvalue weighted by atomic mass is 10.2. The standard InChI is InChI=1S/C20H21ClN6O2/c1-27(2)16-11-19(26-22-12-16)23-14-5-7-15(8-6-14)24-20(28)25-17-10-13(21)4-9-18(17)29-3/h4-12H,1-3H3,(H,23,26)(H2,24,25,28). The van der Waals surface area contributed by atoms with Gasteiger partial charge in [-0.25, -0.2) is 4.79 Å². The highest BCUT2D eigenvalue weighted by Gasteiger charge is 2.09. The summed E-state index contributed by atoms with van der Waals surface area (Å²) in [5.74, 6) is 1.15. The van der Waals surface area contributed by atoms with E-state index in [1.807, 2.05) is 37.2 Å². The maximum absolute atomic E-state index is 12.3. The first kappa shape index (κ1) is 20.2. The molecule has 9 heteroatoms. The van der Waals surface area contributed by atoms with Crippen LogP contribution in [0.5, 0.6) is 5.75 Å². The molecule has 3 N–H and O–H groups in total. The third-order valence-electron chi connectivity index (χ3n) is 3.98. The molecule has 0 spiro atoms. The molecule has 0 saturated heterocycles. The van der Waals surface area contributed by atoms with Gasteiger partial charge in [0.15, 0.2) is 5.82 Å². The number of halogens is 1. The van der Waals surface area contributed by atoms with E-state index in [0.29, 0.717) is 28.0 Å². The Bertz CT molecular complexity index is 995. The van der Waals surface area contributed by atoms with Gasteiger partial charge < -0.3 is 25.6 Å². The number of amides is 2. The average Bonchev–Trinajstić information content (AvgIpc) is 2.70. The maximum atomic E-state index is 12.3. The number of methoxy groups -OCH3 is 1. The van der Waals surface area contributed by atoms with Crippen molar-refractivity contribution >= 4 is 46.2 Å². The van der Waals surface area contributed by atoms with Crippen molar-refractivity contribution in [3.63, 3.8) is 0 Å². The molecule has 1 heterocycles. The van der Waals surface area contributed by atoms with Gasteiger partial charge in [-0.3, -0.25) is 0 Å². The Labute approximate surface area is 173 Å². The molecule has 2 amide bonds.